The number of nitriles is 3. The molecule has 2 heterocycles. The summed E-state index contributed by atoms with van der Waals surface area (Å²) in [4.78, 5) is 4.79. The molecule has 1 aliphatic carbocycles. The highest BCUT2D eigenvalue weighted by atomic mass is 79.9. The molecule has 54 heavy (non-hydrogen) atoms. The number of fused-ring (bicyclic) bond motifs is 1. The van der Waals surface area contributed by atoms with E-state index in [2.05, 4.69) is 159 Å². The fourth-order valence-electron chi connectivity index (χ4n) is 7.57. The lowest BCUT2D eigenvalue weighted by molar-refractivity contribution is 0.0954. The van der Waals surface area contributed by atoms with Crippen LogP contribution in [0.1, 0.15) is 72.4 Å². The molecule has 0 N–H and O–H groups in total. The molecule has 0 spiro atoms. The van der Waals surface area contributed by atoms with Crippen molar-refractivity contribution in [1.82, 2.24) is 0 Å². The minimum Gasteiger partial charge on any atom is -0.480 e. The lowest BCUT2D eigenvalue weighted by Crippen LogP contribution is -2.26. The van der Waals surface area contributed by atoms with Gasteiger partial charge in [-0.3, -0.25) is 0 Å². The normalized spacial score (nSPS) is 20.6. The van der Waals surface area contributed by atoms with Gasteiger partial charge in [-0.05, 0) is 96.7 Å². The Morgan fingerprint density at radius 1 is 0.889 bits per heavy atom. The molecule has 0 fully saturated rings. The summed E-state index contributed by atoms with van der Waals surface area (Å²) < 4.78 is 7.14. The number of nitrogens with zero attached hydrogens (tertiary/aromatic N) is 4. The summed E-state index contributed by atoms with van der Waals surface area (Å²) in [6.45, 7) is 16.1. The van der Waals surface area contributed by atoms with Gasteiger partial charge in [-0.2, -0.15) is 15.8 Å². The van der Waals surface area contributed by atoms with Crippen LogP contribution in [-0.4, -0.2) is 5.60 Å². The Hall–Kier alpha value is -5.00. The monoisotopic (exact) mass is 792 g/mol. The van der Waals surface area contributed by atoms with Gasteiger partial charge >= 0.3 is 0 Å². The molecule has 0 saturated heterocycles. The maximum atomic E-state index is 10.3. The lowest BCUT2D eigenvalue weighted by Gasteiger charge is -2.37. The number of allylic oxidation sites excluding steroid dienone is 8. The first-order valence-corrected chi connectivity index (χ1v) is 19.8. The molecular formula is C47H45BrN4OS. The maximum Gasteiger partial charge on any atom is 0.172 e. The Morgan fingerprint density at radius 2 is 1.56 bits per heavy atom. The quantitative estimate of drug-likeness (QED) is 0.222. The molecule has 1 atom stereocenters. The maximum absolute atomic E-state index is 10.3. The predicted octanol–water partition coefficient (Wildman–Crippen LogP) is 12.5. The highest BCUT2D eigenvalue weighted by Gasteiger charge is 2.41. The fraction of sp³-hybridized carbons (Fsp3) is 0.298. The van der Waals surface area contributed by atoms with Gasteiger partial charge in [-0.15, -0.1) is 0 Å². The first kappa shape index (κ1) is 38.7. The SMILES string of the molecule is CC1(C)OC(=C(C#N)C#N)C(C#N)=C1/C=C/C1=C(Sc2ccc(Br)cc2)C(=C/C=C2/N(Cc3ccccc3)c3ccccc3C2(C)C)/CC(C(C)(C)C)C1. The molecule has 0 saturated carbocycles. The highest BCUT2D eigenvalue weighted by Crippen LogP contribution is 2.51. The zero-order valence-electron chi connectivity index (χ0n) is 32.0. The van der Waals surface area contributed by atoms with E-state index < -0.39 is 5.60 Å². The smallest absolute Gasteiger partial charge is 0.172 e. The van der Waals surface area contributed by atoms with Crippen molar-refractivity contribution in [3.8, 4) is 18.2 Å². The second-order valence-corrected chi connectivity index (χ2v) is 18.1. The van der Waals surface area contributed by atoms with E-state index in [9.17, 15) is 15.8 Å². The summed E-state index contributed by atoms with van der Waals surface area (Å²) in [5.41, 5.74) is 7.09. The van der Waals surface area contributed by atoms with Gasteiger partial charge in [0, 0.05) is 43.2 Å². The average Bonchev–Trinajstić information content (AvgIpc) is 3.52. The van der Waals surface area contributed by atoms with E-state index in [0.717, 1.165) is 28.8 Å². The number of para-hydroxylation sites is 1. The van der Waals surface area contributed by atoms with E-state index in [1.807, 2.05) is 32.1 Å². The van der Waals surface area contributed by atoms with Crippen molar-refractivity contribution in [2.45, 2.75) is 83.8 Å². The standard InChI is InChI=1S/C47H45BrN4OS/c1-45(2,3)35-25-32(17-23-39-38(29-51)43(34(27-49)28-50)53-47(39,6)7)44(54-37-21-19-36(48)20-22-37)33(26-35)18-24-42-46(4,5)40-15-11-12-16-41(40)52(42)30-31-13-9-8-10-14-31/h8-24,35H,25-26,30H2,1-7H3/b23-17+,33-18+,42-24+. The second kappa shape index (κ2) is 15.4. The lowest BCUT2D eigenvalue weighted by atomic mass is 9.70. The summed E-state index contributed by atoms with van der Waals surface area (Å²) in [7, 11) is 0. The van der Waals surface area contributed by atoms with Crippen LogP contribution in [0.5, 0.6) is 0 Å². The zero-order chi connectivity index (χ0) is 38.8. The van der Waals surface area contributed by atoms with Crippen LogP contribution in [-0.2, 0) is 16.7 Å². The van der Waals surface area contributed by atoms with Gasteiger partial charge < -0.3 is 9.64 Å². The zero-order valence-corrected chi connectivity index (χ0v) is 34.4. The average molecular weight is 794 g/mol. The Morgan fingerprint density at radius 3 is 2.20 bits per heavy atom. The molecule has 6 rings (SSSR count). The summed E-state index contributed by atoms with van der Waals surface area (Å²) in [6.07, 6.45) is 10.6. The van der Waals surface area contributed by atoms with Crippen LogP contribution in [0.4, 0.5) is 5.69 Å². The number of benzene rings is 3. The number of hydrogen-bond acceptors (Lipinski definition) is 6. The molecule has 1 unspecified atom stereocenters. The molecule has 0 bridgehead atoms. The van der Waals surface area contributed by atoms with E-state index in [0.29, 0.717) is 11.5 Å². The molecule has 2 aliphatic heterocycles. The molecule has 7 heteroatoms. The first-order valence-electron chi connectivity index (χ1n) is 18.2. The second-order valence-electron chi connectivity index (χ2n) is 16.1. The van der Waals surface area contributed by atoms with Crippen LogP contribution in [0.25, 0.3) is 0 Å². The first-order chi connectivity index (χ1) is 25.7. The summed E-state index contributed by atoms with van der Waals surface area (Å²) in [5, 5.41) is 29.5. The van der Waals surface area contributed by atoms with Gasteiger partial charge in [-0.1, -0.05) is 129 Å². The molecule has 5 nitrogen and oxygen atoms in total. The fourth-order valence-corrected chi connectivity index (χ4v) is 8.91. The molecule has 3 aliphatic rings. The largest absolute Gasteiger partial charge is 0.480 e. The van der Waals surface area contributed by atoms with Gasteiger partial charge in [0.25, 0.3) is 0 Å². The Balaban J connectivity index is 1.54. The van der Waals surface area contributed by atoms with E-state index in [1.165, 1.54) is 38.6 Å². The Kier molecular flexibility index (Phi) is 11.0. The van der Waals surface area contributed by atoms with Crippen molar-refractivity contribution >= 4 is 33.4 Å². The molecule has 3 aromatic rings. The minimum absolute atomic E-state index is 0.0264. The molecule has 0 aromatic heterocycles. The third-order valence-electron chi connectivity index (χ3n) is 10.7. The number of halogens is 1. The number of anilines is 1. The number of rotatable bonds is 7. The van der Waals surface area contributed by atoms with Crippen molar-refractivity contribution in [3.63, 3.8) is 0 Å². The van der Waals surface area contributed by atoms with Gasteiger partial charge in [0.2, 0.25) is 0 Å². The van der Waals surface area contributed by atoms with E-state index in [4.69, 9.17) is 4.74 Å². The predicted molar refractivity (Wildman–Crippen MR) is 223 cm³/mol. The number of ether oxygens (including phenoxy) is 1. The molecule has 272 valence electrons. The van der Waals surface area contributed by atoms with E-state index in [-0.39, 0.29) is 27.7 Å². The van der Waals surface area contributed by atoms with E-state index >= 15 is 0 Å². The minimum atomic E-state index is -0.901. The van der Waals surface area contributed by atoms with Gasteiger partial charge in [0.1, 0.15) is 29.4 Å². The van der Waals surface area contributed by atoms with Crippen LogP contribution in [0.3, 0.4) is 0 Å². The van der Waals surface area contributed by atoms with Crippen LogP contribution in [0, 0.1) is 45.3 Å². The Labute approximate surface area is 333 Å². The summed E-state index contributed by atoms with van der Waals surface area (Å²) in [6, 6.07) is 33.9. The summed E-state index contributed by atoms with van der Waals surface area (Å²) in [5.74, 6) is 0.399. The van der Waals surface area contributed by atoms with Crippen LogP contribution >= 0.6 is 27.7 Å². The third kappa shape index (κ3) is 7.79. The van der Waals surface area contributed by atoms with Crippen molar-refractivity contribution in [2.24, 2.45) is 11.3 Å². The molecule has 0 radical (unpaired) electrons. The van der Waals surface area contributed by atoms with Crippen LogP contribution in [0.2, 0.25) is 0 Å². The van der Waals surface area contributed by atoms with E-state index in [1.54, 1.807) is 11.8 Å². The van der Waals surface area contributed by atoms with Crippen LogP contribution in [0.15, 0.2) is 157 Å². The molecular weight excluding hydrogens is 749 g/mol. The van der Waals surface area contributed by atoms with Gasteiger partial charge in [0.15, 0.2) is 11.3 Å². The van der Waals surface area contributed by atoms with Crippen molar-refractivity contribution < 1.29 is 4.74 Å². The summed E-state index contributed by atoms with van der Waals surface area (Å²) >= 11 is 5.37. The molecule has 3 aromatic carbocycles. The molecule has 0 amide bonds. The third-order valence-corrected chi connectivity index (χ3v) is 12.5. The Bertz CT molecular complexity index is 2260. The number of hydrogen-bond donors (Lipinski definition) is 0. The van der Waals surface area contributed by atoms with Gasteiger partial charge in [0.05, 0.1) is 0 Å². The van der Waals surface area contributed by atoms with Crippen molar-refractivity contribution in [1.29, 1.82) is 15.8 Å². The van der Waals surface area contributed by atoms with Crippen molar-refractivity contribution in [2.75, 3.05) is 4.90 Å². The van der Waals surface area contributed by atoms with Crippen molar-refractivity contribution in [3.05, 3.63) is 163 Å². The van der Waals surface area contributed by atoms with Gasteiger partial charge in [-0.25, -0.2) is 0 Å². The number of thioether (sulfide) groups is 1. The van der Waals surface area contributed by atoms with Crippen LogP contribution < -0.4 is 4.90 Å². The topological polar surface area (TPSA) is 83.8 Å². The highest BCUT2D eigenvalue weighted by molar-refractivity contribution is 9.10.